The third-order valence-corrected chi connectivity index (χ3v) is 10.7. The van der Waals surface area contributed by atoms with Gasteiger partial charge in [-0.1, -0.05) is 31.7 Å². The fourth-order valence-electron chi connectivity index (χ4n) is 8.44. The number of halogens is 3. The fraction of sp³-hybridized carbons (Fsp3) is 0.486. The maximum Gasteiger partial charge on any atom is 0.175 e. The molecule has 0 aliphatic carbocycles. The zero-order valence-corrected chi connectivity index (χ0v) is 27.2. The molecular weight excluding hydrogens is 599 g/mol. The number of pyridine rings is 1. The highest BCUT2D eigenvalue weighted by Crippen LogP contribution is 2.40. The Morgan fingerprint density at radius 2 is 1.83 bits per heavy atom. The Kier molecular flexibility index (Phi) is 7.83. The molecule has 10 heteroatoms. The van der Waals surface area contributed by atoms with Crippen LogP contribution in [0.25, 0.3) is 32.9 Å². The largest absolute Gasteiger partial charge is 0.364 e. The van der Waals surface area contributed by atoms with E-state index in [-0.39, 0.29) is 11.2 Å². The van der Waals surface area contributed by atoms with Gasteiger partial charge in [0.1, 0.15) is 34.8 Å². The van der Waals surface area contributed by atoms with Crippen molar-refractivity contribution < 1.29 is 13.2 Å². The summed E-state index contributed by atoms with van der Waals surface area (Å²) in [7, 11) is 0. The van der Waals surface area contributed by atoms with Crippen LogP contribution in [-0.2, 0) is 6.42 Å². The van der Waals surface area contributed by atoms with Crippen molar-refractivity contribution in [3.8, 4) is 11.3 Å². The van der Waals surface area contributed by atoms with Gasteiger partial charge in [0, 0.05) is 73.6 Å². The highest BCUT2D eigenvalue weighted by atomic mass is 19.1. The summed E-state index contributed by atoms with van der Waals surface area (Å²) in [6, 6.07) is 10.3. The van der Waals surface area contributed by atoms with Crippen molar-refractivity contribution in [2.45, 2.75) is 82.7 Å². The maximum atomic E-state index is 16.3. The van der Waals surface area contributed by atoms with Crippen LogP contribution in [0.15, 0.2) is 48.8 Å². The van der Waals surface area contributed by atoms with E-state index >= 15 is 4.39 Å². The van der Waals surface area contributed by atoms with Gasteiger partial charge >= 0.3 is 0 Å². The van der Waals surface area contributed by atoms with Gasteiger partial charge < -0.3 is 15.1 Å². The van der Waals surface area contributed by atoms with E-state index in [2.05, 4.69) is 36.6 Å². The number of anilines is 1. The maximum absolute atomic E-state index is 16.3. The van der Waals surface area contributed by atoms with Gasteiger partial charge in [-0.25, -0.2) is 23.1 Å². The van der Waals surface area contributed by atoms with E-state index in [1.807, 2.05) is 26.0 Å². The molecule has 1 N–H and O–H groups in total. The zero-order chi connectivity index (χ0) is 32.4. The Balaban J connectivity index is 0.000000309. The van der Waals surface area contributed by atoms with Gasteiger partial charge in [0.2, 0.25) is 0 Å². The molecule has 9 rings (SSSR count). The molecular formula is C37H42F3N7. The minimum absolute atomic E-state index is 0.112. The Hall–Kier alpha value is -3.76. The summed E-state index contributed by atoms with van der Waals surface area (Å²) < 4.78 is 43.9. The number of rotatable bonds is 5. The summed E-state index contributed by atoms with van der Waals surface area (Å²) >= 11 is 0. The number of aromatic nitrogens is 3. The summed E-state index contributed by atoms with van der Waals surface area (Å²) in [5.41, 5.74) is 2.89. The molecule has 5 fully saturated rings. The van der Waals surface area contributed by atoms with Gasteiger partial charge in [-0.2, -0.15) is 0 Å². The Morgan fingerprint density at radius 1 is 1.04 bits per heavy atom. The molecule has 2 bridgehead atoms. The molecule has 0 amide bonds. The van der Waals surface area contributed by atoms with Crippen LogP contribution in [-0.4, -0.2) is 87.8 Å². The smallest absolute Gasteiger partial charge is 0.175 e. The van der Waals surface area contributed by atoms with E-state index < -0.39 is 17.8 Å². The normalized spacial score (nSPS) is 26.5. The zero-order valence-electron chi connectivity index (χ0n) is 27.2. The van der Waals surface area contributed by atoms with Crippen LogP contribution in [0.1, 0.15) is 50.4 Å². The van der Waals surface area contributed by atoms with Gasteiger partial charge in [0.15, 0.2) is 5.82 Å². The number of benzene rings is 2. The number of alkyl halides is 1. The Morgan fingerprint density at radius 3 is 2.55 bits per heavy atom. The molecule has 7 heterocycles. The second-order valence-electron chi connectivity index (χ2n) is 13.9. The van der Waals surface area contributed by atoms with Crippen molar-refractivity contribution in [1.82, 2.24) is 30.1 Å². The molecule has 2 aromatic heterocycles. The molecule has 2 aromatic carbocycles. The summed E-state index contributed by atoms with van der Waals surface area (Å²) in [5, 5.41) is 5.06. The van der Waals surface area contributed by atoms with Crippen LogP contribution in [0.2, 0.25) is 0 Å². The van der Waals surface area contributed by atoms with Crippen molar-refractivity contribution in [2.75, 3.05) is 37.6 Å². The third-order valence-electron chi connectivity index (χ3n) is 10.7. The predicted molar refractivity (Wildman–Crippen MR) is 180 cm³/mol. The van der Waals surface area contributed by atoms with Crippen molar-refractivity contribution in [3.63, 3.8) is 0 Å². The molecule has 0 radical (unpaired) electrons. The lowest BCUT2D eigenvalue weighted by Gasteiger charge is -2.44. The van der Waals surface area contributed by atoms with Crippen molar-refractivity contribution in [1.29, 1.82) is 0 Å². The average Bonchev–Trinajstić information content (AvgIpc) is 3.65. The minimum Gasteiger partial charge on any atom is -0.364 e. The quantitative estimate of drug-likeness (QED) is 0.256. The lowest BCUT2D eigenvalue weighted by Crippen LogP contribution is -2.54. The van der Waals surface area contributed by atoms with E-state index in [9.17, 15) is 8.78 Å². The number of nitrogens with one attached hydrogen (secondary N) is 1. The first-order valence-electron chi connectivity index (χ1n) is 17.2. The number of fused-ring (bicyclic) bond motifs is 5. The molecule has 5 saturated heterocycles. The lowest BCUT2D eigenvalue weighted by molar-refractivity contribution is 0.217. The van der Waals surface area contributed by atoms with Crippen molar-refractivity contribution in [3.05, 3.63) is 71.8 Å². The first-order valence-corrected chi connectivity index (χ1v) is 17.2. The number of aryl methyl sites for hydroxylation is 2. The number of piperazine rings is 1. The first kappa shape index (κ1) is 30.6. The summed E-state index contributed by atoms with van der Waals surface area (Å²) in [6.45, 7) is 12.7. The second-order valence-corrected chi connectivity index (χ2v) is 13.9. The summed E-state index contributed by atoms with van der Waals surface area (Å²) in [4.78, 5) is 21.1. The molecule has 5 aliphatic rings. The van der Waals surface area contributed by atoms with Gasteiger partial charge in [0.25, 0.3) is 0 Å². The number of hydrogen-bond donors (Lipinski definition) is 1. The summed E-state index contributed by atoms with van der Waals surface area (Å²) in [5.74, 6) is 0.389. The van der Waals surface area contributed by atoms with Gasteiger partial charge in [-0.3, -0.25) is 9.88 Å². The second kappa shape index (κ2) is 12.0. The van der Waals surface area contributed by atoms with Crippen molar-refractivity contribution >= 4 is 27.5 Å². The fourth-order valence-corrected chi connectivity index (χ4v) is 8.44. The van der Waals surface area contributed by atoms with Crippen molar-refractivity contribution in [2.24, 2.45) is 0 Å². The number of hydrogen-bond acceptors (Lipinski definition) is 7. The molecule has 0 saturated carbocycles. The van der Waals surface area contributed by atoms with E-state index in [1.54, 1.807) is 18.3 Å². The molecule has 47 heavy (non-hydrogen) atoms. The highest BCUT2D eigenvalue weighted by Gasteiger charge is 2.44. The average molecular weight is 642 g/mol. The van der Waals surface area contributed by atoms with Crippen LogP contribution in [0.5, 0.6) is 0 Å². The van der Waals surface area contributed by atoms with E-state index in [0.29, 0.717) is 59.3 Å². The van der Waals surface area contributed by atoms with Gasteiger partial charge in [-0.05, 0) is 68.7 Å². The first-order chi connectivity index (χ1) is 22.8. The molecule has 5 atom stereocenters. The van der Waals surface area contributed by atoms with Gasteiger partial charge in [-0.15, -0.1) is 0 Å². The van der Waals surface area contributed by atoms with E-state index in [4.69, 9.17) is 4.98 Å². The van der Waals surface area contributed by atoms with Gasteiger partial charge in [0.05, 0.1) is 11.4 Å². The lowest BCUT2D eigenvalue weighted by atomic mass is 9.97. The molecule has 0 spiro atoms. The van der Waals surface area contributed by atoms with E-state index in [1.165, 1.54) is 24.6 Å². The third kappa shape index (κ3) is 5.53. The minimum atomic E-state index is -0.536. The molecule has 7 nitrogen and oxygen atoms in total. The summed E-state index contributed by atoms with van der Waals surface area (Å²) in [6.07, 6.45) is 7.28. The molecule has 5 unspecified atom stereocenters. The highest BCUT2D eigenvalue weighted by molar-refractivity contribution is 5.99. The SMILES string of the molecule is C=C(C1CN1)N1C2CCC1CN(c1nc(CC)nc3c(F)c(-c4cc(C)cc5cccc(F)c45)ncc13)C2.FC1CC2CCCN2C1. The van der Waals surface area contributed by atoms with E-state index in [0.717, 1.165) is 62.2 Å². The monoisotopic (exact) mass is 641 g/mol. The topological polar surface area (TPSA) is 70.3 Å². The molecule has 4 aromatic rings. The Bertz CT molecular complexity index is 1830. The Labute approximate surface area is 273 Å². The van der Waals surface area contributed by atoms with Crippen LogP contribution in [0.4, 0.5) is 19.0 Å². The molecule has 246 valence electrons. The molecule has 5 aliphatic heterocycles. The van der Waals surface area contributed by atoms with Crippen LogP contribution in [0, 0.1) is 18.6 Å². The van der Waals surface area contributed by atoms with Crippen LogP contribution in [0.3, 0.4) is 0 Å². The number of nitrogens with zero attached hydrogens (tertiary/aromatic N) is 6. The predicted octanol–water partition coefficient (Wildman–Crippen LogP) is 6.33. The van der Waals surface area contributed by atoms with Crippen LogP contribution < -0.4 is 10.2 Å². The van der Waals surface area contributed by atoms with Crippen LogP contribution >= 0.6 is 0 Å². The standard InChI is InChI=1S/C30H30F2N6.C7H12FN/c1-4-25-35-29-22(30(36-25)37-14-19-8-9-20(15-37)38(19)17(3)24-13-33-24)12-34-28(27(29)32)21-11-16(2)10-18-6-5-7-23(31)26(18)21;8-6-4-7-2-1-3-9(7)5-6/h5-7,10-12,19-20,24,33H,3-4,8-9,13-15H2,1-2H3;6-7H,1-5H2.